The van der Waals surface area contributed by atoms with Gasteiger partial charge in [-0.3, -0.25) is 14.5 Å². The second-order valence-electron chi connectivity index (χ2n) is 5.52. The van der Waals surface area contributed by atoms with Gasteiger partial charge >= 0.3 is 0 Å². The molecule has 0 unspecified atom stereocenters. The molecule has 8 heteroatoms. The highest BCUT2D eigenvalue weighted by Gasteiger charge is 2.14. The zero-order valence-electron chi connectivity index (χ0n) is 13.8. The number of benzene rings is 1. The van der Waals surface area contributed by atoms with E-state index in [1.165, 1.54) is 18.5 Å². The second-order valence-corrected chi connectivity index (χ2v) is 8.24. The van der Waals surface area contributed by atoms with Crippen LogP contribution in [0.5, 0.6) is 0 Å². The Kier molecular flexibility index (Phi) is 5.65. The van der Waals surface area contributed by atoms with E-state index in [1.807, 2.05) is 17.5 Å². The van der Waals surface area contributed by atoms with Gasteiger partial charge in [0.25, 0.3) is 10.0 Å². The highest BCUT2D eigenvalue weighted by atomic mass is 32.2. The number of anilines is 1. The quantitative estimate of drug-likeness (QED) is 0.652. The van der Waals surface area contributed by atoms with Gasteiger partial charge in [0.15, 0.2) is 0 Å². The number of carbonyl (C=O) groups is 1. The van der Waals surface area contributed by atoms with Gasteiger partial charge in [-0.15, -0.1) is 11.3 Å². The van der Waals surface area contributed by atoms with E-state index in [9.17, 15) is 13.2 Å². The highest BCUT2D eigenvalue weighted by Crippen LogP contribution is 2.16. The molecule has 2 aromatic heterocycles. The molecule has 6 nitrogen and oxygen atoms in total. The normalized spacial score (nSPS) is 11.1. The Morgan fingerprint density at radius 3 is 2.54 bits per heavy atom. The van der Waals surface area contributed by atoms with Crippen LogP contribution in [0, 0.1) is 0 Å². The first-order valence-electron chi connectivity index (χ1n) is 7.84. The van der Waals surface area contributed by atoms with Crippen molar-refractivity contribution in [3.05, 3.63) is 76.7 Å². The Morgan fingerprint density at radius 1 is 1.08 bits per heavy atom. The molecule has 2 heterocycles. The van der Waals surface area contributed by atoms with E-state index < -0.39 is 10.0 Å². The van der Waals surface area contributed by atoms with Crippen LogP contribution in [0.1, 0.15) is 10.4 Å². The fourth-order valence-corrected chi connectivity index (χ4v) is 3.92. The standard InChI is InChI=1S/C18H17N3O3S2/c22-18(20-12-16-3-2-10-25-16)11-14-5-7-15(8-6-14)21-26(23,24)17-4-1-9-19-13-17/h1-10,13,21H,11-12H2,(H,20,22). The van der Waals surface area contributed by atoms with Crippen molar-refractivity contribution in [2.45, 2.75) is 17.9 Å². The molecule has 0 bridgehead atoms. The first kappa shape index (κ1) is 18.1. The van der Waals surface area contributed by atoms with Gasteiger partial charge in [-0.1, -0.05) is 18.2 Å². The smallest absolute Gasteiger partial charge is 0.263 e. The Labute approximate surface area is 156 Å². The molecule has 0 saturated heterocycles. The fraction of sp³-hybridized carbons (Fsp3) is 0.111. The SMILES string of the molecule is O=C(Cc1ccc(NS(=O)(=O)c2cccnc2)cc1)NCc1cccs1. The van der Waals surface area contributed by atoms with Gasteiger partial charge in [-0.25, -0.2) is 8.42 Å². The van der Waals surface area contributed by atoms with Gasteiger partial charge in [-0.05, 0) is 41.3 Å². The summed E-state index contributed by atoms with van der Waals surface area (Å²) >= 11 is 1.59. The van der Waals surface area contributed by atoms with Gasteiger partial charge in [-0.2, -0.15) is 0 Å². The third-order valence-corrected chi connectivity index (χ3v) is 5.80. The lowest BCUT2D eigenvalue weighted by Gasteiger charge is -2.09. The minimum atomic E-state index is -3.67. The first-order valence-corrected chi connectivity index (χ1v) is 10.2. The monoisotopic (exact) mass is 387 g/mol. The number of aromatic nitrogens is 1. The lowest BCUT2D eigenvalue weighted by Crippen LogP contribution is -2.24. The van der Waals surface area contributed by atoms with Crippen molar-refractivity contribution in [2.75, 3.05) is 4.72 Å². The summed E-state index contributed by atoms with van der Waals surface area (Å²) in [5, 5.41) is 4.83. The van der Waals surface area contributed by atoms with Crippen LogP contribution in [-0.2, 0) is 27.8 Å². The van der Waals surface area contributed by atoms with Crippen molar-refractivity contribution in [1.82, 2.24) is 10.3 Å². The first-order chi connectivity index (χ1) is 12.5. The molecule has 2 N–H and O–H groups in total. The molecule has 0 radical (unpaired) electrons. The van der Waals surface area contributed by atoms with E-state index in [2.05, 4.69) is 15.0 Å². The van der Waals surface area contributed by atoms with Crippen molar-refractivity contribution in [1.29, 1.82) is 0 Å². The number of thiophene rings is 1. The molecule has 0 aliphatic rings. The number of amides is 1. The molecule has 0 saturated carbocycles. The molecule has 1 aromatic carbocycles. The summed E-state index contributed by atoms with van der Waals surface area (Å²) in [6.45, 7) is 0.513. The van der Waals surface area contributed by atoms with E-state index in [-0.39, 0.29) is 17.2 Å². The average molecular weight is 387 g/mol. The third kappa shape index (κ3) is 4.90. The Balaban J connectivity index is 1.57. The van der Waals surface area contributed by atoms with E-state index in [4.69, 9.17) is 0 Å². The lowest BCUT2D eigenvalue weighted by atomic mass is 10.1. The van der Waals surface area contributed by atoms with Crippen LogP contribution in [0.3, 0.4) is 0 Å². The summed E-state index contributed by atoms with van der Waals surface area (Å²) in [5.41, 5.74) is 1.23. The predicted molar refractivity (Wildman–Crippen MR) is 101 cm³/mol. The average Bonchev–Trinajstić information content (AvgIpc) is 3.16. The molecule has 1 amide bonds. The largest absolute Gasteiger partial charge is 0.351 e. The second kappa shape index (κ2) is 8.11. The van der Waals surface area contributed by atoms with Crippen LogP contribution >= 0.6 is 11.3 Å². The number of rotatable bonds is 7. The van der Waals surface area contributed by atoms with Gasteiger partial charge in [0.2, 0.25) is 5.91 Å². The summed E-state index contributed by atoms with van der Waals surface area (Å²) in [7, 11) is -3.67. The van der Waals surface area contributed by atoms with Gasteiger partial charge in [0, 0.05) is 23.0 Å². The number of nitrogens with zero attached hydrogens (tertiary/aromatic N) is 1. The van der Waals surface area contributed by atoms with Crippen molar-refractivity contribution in [3.63, 3.8) is 0 Å². The third-order valence-electron chi connectivity index (χ3n) is 3.56. The van der Waals surface area contributed by atoms with Crippen LogP contribution in [0.2, 0.25) is 0 Å². The number of carbonyl (C=O) groups excluding carboxylic acids is 1. The summed E-state index contributed by atoms with van der Waals surface area (Å²) in [4.78, 5) is 17.0. The number of nitrogens with one attached hydrogen (secondary N) is 2. The topological polar surface area (TPSA) is 88.2 Å². The van der Waals surface area contributed by atoms with Gasteiger partial charge in [0.05, 0.1) is 13.0 Å². The van der Waals surface area contributed by atoms with Crippen LogP contribution < -0.4 is 10.0 Å². The summed E-state index contributed by atoms with van der Waals surface area (Å²) in [6, 6.07) is 13.7. The van der Waals surface area contributed by atoms with Crippen molar-refractivity contribution in [2.24, 2.45) is 0 Å². The number of hydrogen-bond acceptors (Lipinski definition) is 5. The van der Waals surface area contributed by atoms with Crippen LogP contribution in [-0.4, -0.2) is 19.3 Å². The molecule has 0 spiro atoms. The van der Waals surface area contributed by atoms with Gasteiger partial charge in [0.1, 0.15) is 4.90 Å². The summed E-state index contributed by atoms with van der Waals surface area (Å²) in [5.74, 6) is -0.0814. The van der Waals surface area contributed by atoms with E-state index >= 15 is 0 Å². The molecule has 3 rings (SSSR count). The van der Waals surface area contributed by atoms with Crippen LogP contribution in [0.25, 0.3) is 0 Å². The molecule has 26 heavy (non-hydrogen) atoms. The molecule has 3 aromatic rings. The molecule has 0 aliphatic heterocycles. The number of pyridine rings is 1. The minimum Gasteiger partial charge on any atom is -0.351 e. The Morgan fingerprint density at radius 2 is 1.88 bits per heavy atom. The van der Waals surface area contributed by atoms with E-state index in [1.54, 1.807) is 41.7 Å². The Hall–Kier alpha value is -2.71. The number of hydrogen-bond donors (Lipinski definition) is 2. The van der Waals surface area contributed by atoms with Crippen LogP contribution in [0.4, 0.5) is 5.69 Å². The molecule has 0 atom stereocenters. The predicted octanol–water partition coefficient (Wildman–Crippen LogP) is 2.80. The van der Waals surface area contributed by atoms with Crippen LogP contribution in [0.15, 0.2) is 71.2 Å². The van der Waals surface area contributed by atoms with Crippen molar-refractivity contribution < 1.29 is 13.2 Å². The highest BCUT2D eigenvalue weighted by molar-refractivity contribution is 7.92. The van der Waals surface area contributed by atoms with E-state index in [0.717, 1.165) is 10.4 Å². The molecule has 134 valence electrons. The Bertz CT molecular complexity index is 955. The summed E-state index contributed by atoms with van der Waals surface area (Å²) < 4.78 is 27.0. The van der Waals surface area contributed by atoms with E-state index in [0.29, 0.717) is 12.2 Å². The molecule has 0 fully saturated rings. The zero-order chi connectivity index (χ0) is 18.4. The lowest BCUT2D eigenvalue weighted by molar-refractivity contribution is -0.120. The zero-order valence-corrected chi connectivity index (χ0v) is 15.4. The maximum absolute atomic E-state index is 12.2. The van der Waals surface area contributed by atoms with Crippen molar-refractivity contribution >= 4 is 33.0 Å². The van der Waals surface area contributed by atoms with Crippen molar-refractivity contribution in [3.8, 4) is 0 Å². The minimum absolute atomic E-state index is 0.0814. The molecular formula is C18H17N3O3S2. The maximum Gasteiger partial charge on any atom is 0.263 e. The maximum atomic E-state index is 12.2. The van der Waals surface area contributed by atoms with Gasteiger partial charge < -0.3 is 5.32 Å². The molecule has 0 aliphatic carbocycles. The number of sulfonamides is 1. The molecular weight excluding hydrogens is 370 g/mol. The summed E-state index contributed by atoms with van der Waals surface area (Å²) in [6.07, 6.45) is 3.03. The fourth-order valence-electron chi connectivity index (χ4n) is 2.26.